The summed E-state index contributed by atoms with van der Waals surface area (Å²) in [5.41, 5.74) is 2.86. The number of amides is 1. The van der Waals surface area contributed by atoms with Crippen LogP contribution in [0.2, 0.25) is 0 Å². The second-order valence-corrected chi connectivity index (χ2v) is 9.85. The lowest BCUT2D eigenvalue weighted by atomic mass is 9.94. The van der Waals surface area contributed by atoms with Gasteiger partial charge in [0.1, 0.15) is 23.5 Å². The highest BCUT2D eigenvalue weighted by Crippen LogP contribution is 2.33. The Morgan fingerprint density at radius 3 is 2.73 bits per heavy atom. The van der Waals surface area contributed by atoms with Crippen LogP contribution in [0.5, 0.6) is 5.75 Å². The maximum absolute atomic E-state index is 13.3. The van der Waals surface area contributed by atoms with Crippen LogP contribution < -0.4 is 15.0 Å². The first-order valence-corrected chi connectivity index (χ1v) is 13.1. The van der Waals surface area contributed by atoms with Gasteiger partial charge in [-0.05, 0) is 62.4 Å². The third-order valence-electron chi connectivity index (χ3n) is 7.51. The number of carbonyl (C=O) groups excluding carboxylic acids is 1. The van der Waals surface area contributed by atoms with Gasteiger partial charge in [0.05, 0.1) is 24.9 Å². The van der Waals surface area contributed by atoms with E-state index in [0.717, 1.165) is 68.9 Å². The number of anilines is 1. The first kappa shape index (κ1) is 25.2. The molecule has 1 amide bonds. The van der Waals surface area contributed by atoms with Gasteiger partial charge in [0.15, 0.2) is 0 Å². The molecule has 9 heteroatoms. The molecule has 1 aromatic carbocycles. The molecule has 37 heavy (non-hydrogen) atoms. The molecule has 0 aliphatic carbocycles. The summed E-state index contributed by atoms with van der Waals surface area (Å²) < 4.78 is 10.4. The predicted molar refractivity (Wildman–Crippen MR) is 141 cm³/mol. The molecule has 4 heterocycles. The molecule has 1 atom stereocenters. The van der Waals surface area contributed by atoms with Crippen LogP contribution in [0.25, 0.3) is 11.3 Å². The minimum Gasteiger partial charge on any atom is -0.496 e. The lowest BCUT2D eigenvalue weighted by Crippen LogP contribution is -2.49. The fourth-order valence-corrected chi connectivity index (χ4v) is 5.49. The number of aliphatic hydroxyl groups is 1. The first-order chi connectivity index (χ1) is 18.2. The van der Waals surface area contributed by atoms with E-state index in [1.807, 2.05) is 36.4 Å². The minimum absolute atomic E-state index is 0.194. The van der Waals surface area contributed by atoms with Crippen molar-refractivity contribution in [3.05, 3.63) is 60.0 Å². The van der Waals surface area contributed by atoms with Crippen LogP contribution in [0.4, 0.5) is 5.82 Å². The van der Waals surface area contributed by atoms with Crippen molar-refractivity contribution in [3.8, 4) is 17.0 Å². The van der Waals surface area contributed by atoms with Gasteiger partial charge in [-0.2, -0.15) is 0 Å². The van der Waals surface area contributed by atoms with E-state index < -0.39 is 0 Å². The fraction of sp³-hybridized carbons (Fsp3) is 0.464. The number of pyridine rings is 1. The Hall–Kier alpha value is -3.43. The number of piperidine rings is 2. The number of aliphatic hydroxyl groups excluding tert-OH is 1. The second-order valence-electron chi connectivity index (χ2n) is 9.85. The number of ether oxygens (including phenoxy) is 1. The highest BCUT2D eigenvalue weighted by atomic mass is 16.5. The van der Waals surface area contributed by atoms with Gasteiger partial charge < -0.3 is 24.6 Å². The van der Waals surface area contributed by atoms with Gasteiger partial charge in [-0.1, -0.05) is 17.3 Å². The van der Waals surface area contributed by atoms with Crippen molar-refractivity contribution < 1.29 is 19.2 Å². The average molecular weight is 506 g/mol. The van der Waals surface area contributed by atoms with E-state index in [1.165, 1.54) is 6.26 Å². The van der Waals surface area contributed by atoms with E-state index >= 15 is 0 Å². The van der Waals surface area contributed by atoms with Gasteiger partial charge in [-0.15, -0.1) is 0 Å². The van der Waals surface area contributed by atoms with Crippen LogP contribution in [0.15, 0.2) is 53.3 Å². The molecule has 0 bridgehead atoms. The van der Waals surface area contributed by atoms with Crippen molar-refractivity contribution in [2.75, 3.05) is 44.8 Å². The summed E-state index contributed by atoms with van der Waals surface area (Å²) in [6.07, 6.45) is 5.74. The van der Waals surface area contributed by atoms with Crippen molar-refractivity contribution in [2.24, 2.45) is 5.92 Å². The van der Waals surface area contributed by atoms with Gasteiger partial charge in [0.25, 0.3) is 5.91 Å². The molecule has 2 aliphatic rings. The van der Waals surface area contributed by atoms with Crippen molar-refractivity contribution in [2.45, 2.75) is 38.3 Å². The number of benzene rings is 1. The van der Waals surface area contributed by atoms with Crippen LogP contribution >= 0.6 is 0 Å². The van der Waals surface area contributed by atoms with Crippen LogP contribution in [0.3, 0.4) is 0 Å². The van der Waals surface area contributed by atoms with Gasteiger partial charge in [0.2, 0.25) is 0 Å². The number of carbonyl (C=O) groups is 1. The Balaban J connectivity index is 1.38. The van der Waals surface area contributed by atoms with Crippen LogP contribution in [0.1, 0.15) is 41.7 Å². The van der Waals surface area contributed by atoms with Crippen molar-refractivity contribution in [3.63, 3.8) is 0 Å². The fourth-order valence-electron chi connectivity index (χ4n) is 5.49. The summed E-state index contributed by atoms with van der Waals surface area (Å²) >= 11 is 0. The molecule has 2 aliphatic heterocycles. The van der Waals surface area contributed by atoms with Gasteiger partial charge in [0, 0.05) is 43.9 Å². The van der Waals surface area contributed by atoms with E-state index in [9.17, 15) is 9.90 Å². The minimum atomic E-state index is -0.194. The summed E-state index contributed by atoms with van der Waals surface area (Å²) in [7, 11) is 1.65. The molecule has 2 aromatic heterocycles. The Morgan fingerprint density at radius 2 is 1.97 bits per heavy atom. The molecule has 196 valence electrons. The Kier molecular flexibility index (Phi) is 8.01. The van der Waals surface area contributed by atoms with Crippen molar-refractivity contribution in [1.82, 2.24) is 20.4 Å². The number of rotatable bonds is 8. The summed E-state index contributed by atoms with van der Waals surface area (Å²) in [4.78, 5) is 23.0. The highest BCUT2D eigenvalue weighted by Gasteiger charge is 2.30. The lowest BCUT2D eigenvalue weighted by molar-refractivity contribution is 0.0777. The van der Waals surface area contributed by atoms with Crippen molar-refractivity contribution in [1.29, 1.82) is 0 Å². The molecular weight excluding hydrogens is 470 g/mol. The first-order valence-electron chi connectivity index (χ1n) is 13.1. The summed E-state index contributed by atoms with van der Waals surface area (Å²) in [6, 6.07) is 13.7. The third kappa shape index (κ3) is 5.78. The quantitative estimate of drug-likeness (QED) is 0.480. The molecule has 2 N–H and O–H groups in total. The smallest absolute Gasteiger partial charge is 0.255 e. The maximum Gasteiger partial charge on any atom is 0.255 e. The normalized spacial score (nSPS) is 19.1. The van der Waals surface area contributed by atoms with Gasteiger partial charge in [-0.3, -0.25) is 9.69 Å². The molecule has 9 nitrogen and oxygen atoms in total. The zero-order valence-corrected chi connectivity index (χ0v) is 21.3. The number of hydrogen-bond acceptors (Lipinski definition) is 8. The molecule has 5 rings (SSSR count). The zero-order valence-electron chi connectivity index (χ0n) is 21.3. The molecule has 0 radical (unpaired) electrons. The number of hydrogen-bond donors (Lipinski definition) is 2. The van der Waals surface area contributed by atoms with E-state index in [2.05, 4.69) is 20.3 Å². The number of para-hydroxylation sites is 1. The monoisotopic (exact) mass is 505 g/mol. The highest BCUT2D eigenvalue weighted by molar-refractivity contribution is 5.99. The average Bonchev–Trinajstić information content (AvgIpc) is 3.49. The van der Waals surface area contributed by atoms with Crippen LogP contribution in [-0.4, -0.2) is 72.0 Å². The molecular formula is C28H35N5O4. The van der Waals surface area contributed by atoms with Crippen molar-refractivity contribution >= 4 is 11.7 Å². The third-order valence-corrected chi connectivity index (χ3v) is 7.51. The summed E-state index contributed by atoms with van der Waals surface area (Å²) in [5.74, 6) is 1.62. The Bertz CT molecular complexity index is 1180. The van der Waals surface area contributed by atoms with Gasteiger partial charge >= 0.3 is 0 Å². The molecule has 2 saturated heterocycles. The lowest BCUT2D eigenvalue weighted by Gasteiger charge is -2.42. The number of aromatic nitrogens is 2. The van der Waals surface area contributed by atoms with Gasteiger partial charge in [-0.25, -0.2) is 4.98 Å². The second kappa shape index (κ2) is 11.7. The zero-order chi connectivity index (χ0) is 25.6. The number of likely N-dealkylation sites (tertiary alicyclic amines) is 1. The topological polar surface area (TPSA) is 104 Å². The Labute approximate surface area is 217 Å². The number of nitrogens with zero attached hydrogens (tertiary/aromatic N) is 4. The van der Waals surface area contributed by atoms with E-state index in [-0.39, 0.29) is 19.1 Å². The Morgan fingerprint density at radius 1 is 1.14 bits per heavy atom. The number of nitrogens with one attached hydrogen (secondary N) is 1. The van der Waals surface area contributed by atoms with E-state index in [4.69, 9.17) is 14.2 Å². The van der Waals surface area contributed by atoms with Crippen LogP contribution in [0, 0.1) is 5.92 Å². The maximum atomic E-state index is 13.3. The molecule has 2 fully saturated rings. The molecule has 0 saturated carbocycles. The van der Waals surface area contributed by atoms with Crippen LogP contribution in [-0.2, 0) is 6.54 Å². The van der Waals surface area contributed by atoms with E-state index in [0.29, 0.717) is 29.0 Å². The number of methoxy groups -OCH3 is 1. The van der Waals surface area contributed by atoms with E-state index in [1.54, 1.807) is 13.2 Å². The molecule has 0 spiro atoms. The summed E-state index contributed by atoms with van der Waals surface area (Å²) in [5, 5.41) is 16.5. The molecule has 3 aromatic rings. The summed E-state index contributed by atoms with van der Waals surface area (Å²) in [6.45, 7) is 4.25. The standard InChI is InChI=1S/C28H35N5O4/c1-36-26-7-3-2-6-23(26)25-9-8-24(28(35)29-17-21-12-16-37-31-21)27(30-25)32-14-10-22(11-15-32)33-13-4-5-20(18-33)19-34/h2-3,6-9,12,16,20,22,34H,4-5,10-11,13-15,17-19H2,1H3,(H,29,35). The largest absolute Gasteiger partial charge is 0.496 e. The molecule has 1 unspecified atom stereocenters. The predicted octanol–water partition coefficient (Wildman–Crippen LogP) is 3.35. The SMILES string of the molecule is COc1ccccc1-c1ccc(C(=O)NCc2ccon2)c(N2CCC(N3CCCC(CO)C3)CC2)n1.